The van der Waals surface area contributed by atoms with Crippen LogP contribution in [0.25, 0.3) is 10.9 Å². The van der Waals surface area contributed by atoms with Crippen molar-refractivity contribution in [1.82, 2.24) is 10.3 Å². The lowest BCUT2D eigenvalue weighted by molar-refractivity contribution is 0.0950. The number of pyridine rings is 1. The van der Waals surface area contributed by atoms with Gasteiger partial charge in [-0.1, -0.05) is 0 Å². The summed E-state index contributed by atoms with van der Waals surface area (Å²) in [4.78, 5) is 16.6. The zero-order valence-electron chi connectivity index (χ0n) is 11.1. The maximum atomic E-state index is 12.1. The molecule has 1 aromatic carbocycles. The standard InChI is InChI=1S/C15H16N2O2/c1-9-13(15(18)17-11-3-4-11)8-10-7-12(19-2)5-6-14(10)16-9/h5-8,11H,3-4H2,1-2H3,(H,17,18). The van der Waals surface area contributed by atoms with Gasteiger partial charge in [-0.2, -0.15) is 0 Å². The van der Waals surface area contributed by atoms with E-state index in [1.807, 2.05) is 31.2 Å². The molecule has 1 amide bonds. The molecule has 3 rings (SSSR count). The fourth-order valence-corrected chi connectivity index (χ4v) is 2.10. The smallest absolute Gasteiger partial charge is 0.253 e. The second kappa shape index (κ2) is 4.53. The fourth-order valence-electron chi connectivity index (χ4n) is 2.10. The number of hydrogen-bond acceptors (Lipinski definition) is 3. The summed E-state index contributed by atoms with van der Waals surface area (Å²) in [7, 11) is 1.63. The Kier molecular flexibility index (Phi) is 2.85. The van der Waals surface area contributed by atoms with E-state index in [1.54, 1.807) is 7.11 Å². The van der Waals surface area contributed by atoms with Gasteiger partial charge in [0.25, 0.3) is 5.91 Å². The molecule has 1 N–H and O–H groups in total. The molecule has 0 bridgehead atoms. The van der Waals surface area contributed by atoms with Gasteiger partial charge in [-0.25, -0.2) is 0 Å². The number of carbonyl (C=O) groups is 1. The highest BCUT2D eigenvalue weighted by molar-refractivity contribution is 5.99. The van der Waals surface area contributed by atoms with Crippen molar-refractivity contribution in [3.05, 3.63) is 35.5 Å². The van der Waals surface area contributed by atoms with Crippen molar-refractivity contribution in [2.24, 2.45) is 0 Å². The van der Waals surface area contributed by atoms with Crippen LogP contribution in [-0.4, -0.2) is 24.0 Å². The zero-order valence-corrected chi connectivity index (χ0v) is 11.1. The van der Waals surface area contributed by atoms with E-state index in [1.165, 1.54) is 0 Å². The van der Waals surface area contributed by atoms with Crippen molar-refractivity contribution in [2.75, 3.05) is 7.11 Å². The Morgan fingerprint density at radius 2 is 2.16 bits per heavy atom. The molecular weight excluding hydrogens is 240 g/mol. The topological polar surface area (TPSA) is 51.2 Å². The summed E-state index contributed by atoms with van der Waals surface area (Å²) >= 11 is 0. The minimum absolute atomic E-state index is 0.0304. The Hall–Kier alpha value is -2.10. The van der Waals surface area contributed by atoms with Gasteiger partial charge in [0.05, 0.1) is 23.9 Å². The van der Waals surface area contributed by atoms with Crippen molar-refractivity contribution < 1.29 is 9.53 Å². The van der Waals surface area contributed by atoms with E-state index < -0.39 is 0 Å². The quantitative estimate of drug-likeness (QED) is 0.917. The third-order valence-corrected chi connectivity index (χ3v) is 3.37. The molecule has 0 spiro atoms. The maximum Gasteiger partial charge on any atom is 0.253 e. The normalized spacial score (nSPS) is 14.4. The minimum Gasteiger partial charge on any atom is -0.497 e. The molecule has 0 aliphatic heterocycles. The van der Waals surface area contributed by atoms with E-state index in [9.17, 15) is 4.79 Å². The summed E-state index contributed by atoms with van der Waals surface area (Å²) in [5, 5.41) is 3.92. The first-order chi connectivity index (χ1) is 9.17. The van der Waals surface area contributed by atoms with Gasteiger partial charge >= 0.3 is 0 Å². The van der Waals surface area contributed by atoms with E-state index >= 15 is 0 Å². The number of ether oxygens (including phenoxy) is 1. The molecule has 1 aromatic heterocycles. The number of aromatic nitrogens is 1. The van der Waals surface area contributed by atoms with Crippen LogP contribution >= 0.6 is 0 Å². The third kappa shape index (κ3) is 2.38. The first kappa shape index (κ1) is 12.0. The predicted octanol–water partition coefficient (Wildman–Crippen LogP) is 2.44. The molecule has 4 heteroatoms. The van der Waals surface area contributed by atoms with Crippen LogP contribution in [-0.2, 0) is 0 Å². The number of aryl methyl sites for hydroxylation is 1. The first-order valence-corrected chi connectivity index (χ1v) is 6.43. The molecule has 1 saturated carbocycles. The first-order valence-electron chi connectivity index (χ1n) is 6.43. The van der Waals surface area contributed by atoms with Gasteiger partial charge in [0, 0.05) is 11.4 Å². The van der Waals surface area contributed by atoms with Gasteiger partial charge in [-0.3, -0.25) is 9.78 Å². The number of amides is 1. The average molecular weight is 256 g/mol. The minimum atomic E-state index is -0.0304. The van der Waals surface area contributed by atoms with E-state index in [-0.39, 0.29) is 5.91 Å². The molecule has 0 radical (unpaired) electrons. The summed E-state index contributed by atoms with van der Waals surface area (Å²) in [6, 6.07) is 7.92. The Morgan fingerprint density at radius 3 is 2.84 bits per heavy atom. The summed E-state index contributed by atoms with van der Waals surface area (Å²) in [5.74, 6) is 0.740. The average Bonchev–Trinajstić information content (AvgIpc) is 3.21. The van der Waals surface area contributed by atoms with Crippen LogP contribution < -0.4 is 10.1 Å². The second-order valence-corrected chi connectivity index (χ2v) is 4.93. The lowest BCUT2D eigenvalue weighted by atomic mass is 10.1. The van der Waals surface area contributed by atoms with Gasteiger partial charge in [0.2, 0.25) is 0 Å². The third-order valence-electron chi connectivity index (χ3n) is 3.37. The van der Waals surface area contributed by atoms with Crippen LogP contribution in [0.2, 0.25) is 0 Å². The van der Waals surface area contributed by atoms with Crippen molar-refractivity contribution >= 4 is 16.8 Å². The molecule has 19 heavy (non-hydrogen) atoms. The van der Waals surface area contributed by atoms with Crippen molar-refractivity contribution in [3.8, 4) is 5.75 Å². The van der Waals surface area contributed by atoms with Crippen LogP contribution in [0.15, 0.2) is 24.3 Å². The molecule has 1 fully saturated rings. The number of carbonyl (C=O) groups excluding carboxylic acids is 1. The Bertz CT molecular complexity index is 648. The van der Waals surface area contributed by atoms with Gasteiger partial charge in [0.1, 0.15) is 5.75 Å². The number of methoxy groups -OCH3 is 1. The number of nitrogens with one attached hydrogen (secondary N) is 1. The van der Waals surface area contributed by atoms with E-state index in [2.05, 4.69) is 10.3 Å². The lowest BCUT2D eigenvalue weighted by Gasteiger charge is -2.09. The Labute approximate surface area is 111 Å². The monoisotopic (exact) mass is 256 g/mol. The van der Waals surface area contributed by atoms with Crippen LogP contribution in [0.5, 0.6) is 5.75 Å². The molecule has 0 atom stereocenters. The summed E-state index contributed by atoms with van der Waals surface area (Å²) in [5.41, 5.74) is 2.28. The highest BCUT2D eigenvalue weighted by atomic mass is 16.5. The highest BCUT2D eigenvalue weighted by Gasteiger charge is 2.24. The van der Waals surface area contributed by atoms with Gasteiger partial charge < -0.3 is 10.1 Å². The number of hydrogen-bond donors (Lipinski definition) is 1. The van der Waals surface area contributed by atoms with Gasteiger partial charge in [-0.05, 0) is 44.0 Å². The van der Waals surface area contributed by atoms with Crippen molar-refractivity contribution in [2.45, 2.75) is 25.8 Å². The van der Waals surface area contributed by atoms with Crippen LogP contribution in [0.3, 0.4) is 0 Å². The fraction of sp³-hybridized carbons (Fsp3) is 0.333. The lowest BCUT2D eigenvalue weighted by Crippen LogP contribution is -2.26. The van der Waals surface area contributed by atoms with E-state index in [0.29, 0.717) is 11.6 Å². The van der Waals surface area contributed by atoms with E-state index in [0.717, 1.165) is 35.2 Å². The van der Waals surface area contributed by atoms with Crippen molar-refractivity contribution in [3.63, 3.8) is 0 Å². The Balaban J connectivity index is 2.02. The summed E-state index contributed by atoms with van der Waals surface area (Å²) < 4.78 is 5.20. The summed E-state index contributed by atoms with van der Waals surface area (Å²) in [6.07, 6.45) is 2.17. The largest absolute Gasteiger partial charge is 0.497 e. The predicted molar refractivity (Wildman–Crippen MR) is 73.5 cm³/mol. The molecule has 98 valence electrons. The molecule has 4 nitrogen and oxygen atoms in total. The zero-order chi connectivity index (χ0) is 13.4. The number of rotatable bonds is 3. The van der Waals surface area contributed by atoms with Crippen LogP contribution in [0.1, 0.15) is 28.9 Å². The maximum absolute atomic E-state index is 12.1. The molecule has 1 aliphatic carbocycles. The highest BCUT2D eigenvalue weighted by Crippen LogP contribution is 2.23. The molecule has 1 aliphatic rings. The molecule has 1 heterocycles. The van der Waals surface area contributed by atoms with Gasteiger partial charge in [0.15, 0.2) is 0 Å². The van der Waals surface area contributed by atoms with Crippen LogP contribution in [0, 0.1) is 6.92 Å². The van der Waals surface area contributed by atoms with Crippen molar-refractivity contribution in [1.29, 1.82) is 0 Å². The summed E-state index contributed by atoms with van der Waals surface area (Å²) in [6.45, 7) is 1.87. The van der Waals surface area contributed by atoms with E-state index in [4.69, 9.17) is 4.74 Å². The number of benzene rings is 1. The molecule has 2 aromatic rings. The SMILES string of the molecule is COc1ccc2nc(C)c(C(=O)NC3CC3)cc2c1. The number of nitrogens with zero attached hydrogens (tertiary/aromatic N) is 1. The van der Waals surface area contributed by atoms with Crippen LogP contribution in [0.4, 0.5) is 0 Å². The number of fused-ring (bicyclic) bond motifs is 1. The molecule has 0 unspecified atom stereocenters. The van der Waals surface area contributed by atoms with Gasteiger partial charge in [-0.15, -0.1) is 0 Å². The molecular formula is C15H16N2O2. The Morgan fingerprint density at radius 1 is 1.37 bits per heavy atom. The second-order valence-electron chi connectivity index (χ2n) is 4.93. The molecule has 0 saturated heterocycles.